The molecule has 1 aromatic rings. The van der Waals surface area contributed by atoms with Crippen molar-refractivity contribution >= 4 is 23.3 Å². The molecular weight excluding hydrogens is 274 g/mol. The van der Waals surface area contributed by atoms with E-state index < -0.39 is 5.97 Å². The van der Waals surface area contributed by atoms with Crippen LogP contribution in [0.1, 0.15) is 43.5 Å². The fourth-order valence-electron chi connectivity index (χ4n) is 3.02. The van der Waals surface area contributed by atoms with Gasteiger partial charge in [0.2, 0.25) is 0 Å². The van der Waals surface area contributed by atoms with Gasteiger partial charge in [-0.3, -0.25) is 0 Å². The fraction of sp³-hybridized carbons (Fsp3) is 0.562. The predicted molar refractivity (Wildman–Crippen MR) is 82.8 cm³/mol. The van der Waals surface area contributed by atoms with E-state index in [-0.39, 0.29) is 5.56 Å². The van der Waals surface area contributed by atoms with Crippen molar-refractivity contribution < 1.29 is 9.90 Å². The van der Waals surface area contributed by atoms with Crippen LogP contribution >= 0.6 is 11.6 Å². The number of nitrogens with zero attached hydrogens (tertiary/aromatic N) is 1. The maximum atomic E-state index is 11.4. The van der Waals surface area contributed by atoms with Crippen LogP contribution in [0, 0.1) is 11.8 Å². The molecule has 0 radical (unpaired) electrons. The van der Waals surface area contributed by atoms with Crippen molar-refractivity contribution in [2.75, 3.05) is 18.0 Å². The standard InChI is InChI=1S/C16H22ClNO2/c1-11(2)12-5-4-9-18(10-8-12)14-7-3-6-13(17)15(14)16(19)20/h3,6-7,11-12H,4-5,8-10H2,1-2H3,(H,19,20). The van der Waals surface area contributed by atoms with Gasteiger partial charge in [-0.1, -0.05) is 31.5 Å². The number of hydrogen-bond acceptors (Lipinski definition) is 2. The lowest BCUT2D eigenvalue weighted by Crippen LogP contribution is -2.26. The molecule has 1 aliphatic heterocycles. The molecule has 1 aromatic carbocycles. The normalized spacial score (nSPS) is 20.0. The van der Waals surface area contributed by atoms with Crippen LogP contribution in [0.4, 0.5) is 5.69 Å². The summed E-state index contributed by atoms with van der Waals surface area (Å²) in [6.45, 7) is 6.35. The zero-order valence-electron chi connectivity index (χ0n) is 12.1. The predicted octanol–water partition coefficient (Wildman–Crippen LogP) is 4.30. The first-order valence-electron chi connectivity index (χ1n) is 7.27. The van der Waals surface area contributed by atoms with Crippen LogP contribution in [0.25, 0.3) is 0 Å². The van der Waals surface area contributed by atoms with Gasteiger partial charge in [0.15, 0.2) is 0 Å². The summed E-state index contributed by atoms with van der Waals surface area (Å²) in [6.07, 6.45) is 3.44. The maximum absolute atomic E-state index is 11.4. The number of benzene rings is 1. The van der Waals surface area contributed by atoms with E-state index in [2.05, 4.69) is 18.7 Å². The molecule has 1 fully saturated rings. The highest BCUT2D eigenvalue weighted by Gasteiger charge is 2.23. The number of carboxylic acids is 1. The summed E-state index contributed by atoms with van der Waals surface area (Å²) in [5.74, 6) is 0.468. The molecule has 1 unspecified atom stereocenters. The third kappa shape index (κ3) is 3.26. The average Bonchev–Trinajstić information content (AvgIpc) is 2.63. The minimum absolute atomic E-state index is 0.233. The Hall–Kier alpha value is -1.22. The van der Waals surface area contributed by atoms with E-state index in [1.807, 2.05) is 12.1 Å². The molecule has 1 saturated heterocycles. The highest BCUT2D eigenvalue weighted by atomic mass is 35.5. The van der Waals surface area contributed by atoms with Gasteiger partial charge >= 0.3 is 5.97 Å². The Bertz CT molecular complexity index is 487. The highest BCUT2D eigenvalue weighted by Crippen LogP contribution is 2.31. The molecule has 0 spiro atoms. The fourth-order valence-corrected chi connectivity index (χ4v) is 3.27. The largest absolute Gasteiger partial charge is 0.478 e. The smallest absolute Gasteiger partial charge is 0.339 e. The average molecular weight is 296 g/mol. The van der Waals surface area contributed by atoms with Gasteiger partial charge in [-0.05, 0) is 43.2 Å². The minimum atomic E-state index is -0.949. The Kier molecular flexibility index (Phi) is 4.92. The van der Waals surface area contributed by atoms with E-state index in [4.69, 9.17) is 11.6 Å². The Morgan fingerprint density at radius 1 is 1.35 bits per heavy atom. The number of rotatable bonds is 3. The summed E-state index contributed by atoms with van der Waals surface area (Å²) in [6, 6.07) is 5.34. The van der Waals surface area contributed by atoms with Crippen molar-refractivity contribution in [3.8, 4) is 0 Å². The molecule has 2 rings (SSSR count). The Morgan fingerprint density at radius 3 is 2.75 bits per heavy atom. The van der Waals surface area contributed by atoms with E-state index in [1.54, 1.807) is 6.07 Å². The third-order valence-corrected chi connectivity index (χ3v) is 4.58. The molecule has 0 aliphatic carbocycles. The van der Waals surface area contributed by atoms with Gasteiger partial charge in [-0.25, -0.2) is 4.79 Å². The monoisotopic (exact) mass is 295 g/mol. The van der Waals surface area contributed by atoms with Crippen molar-refractivity contribution in [1.29, 1.82) is 0 Å². The molecular formula is C16H22ClNO2. The number of hydrogen-bond donors (Lipinski definition) is 1. The second kappa shape index (κ2) is 6.49. The van der Waals surface area contributed by atoms with E-state index in [0.29, 0.717) is 10.9 Å². The Morgan fingerprint density at radius 2 is 2.10 bits per heavy atom. The lowest BCUT2D eigenvalue weighted by molar-refractivity contribution is 0.0697. The van der Waals surface area contributed by atoms with Crippen LogP contribution in [-0.4, -0.2) is 24.2 Å². The molecule has 0 bridgehead atoms. The number of carboxylic acid groups (broad SMARTS) is 1. The molecule has 0 amide bonds. The number of carbonyl (C=O) groups is 1. The molecule has 110 valence electrons. The van der Waals surface area contributed by atoms with E-state index >= 15 is 0 Å². The highest BCUT2D eigenvalue weighted by molar-refractivity contribution is 6.34. The summed E-state index contributed by atoms with van der Waals surface area (Å²) in [5, 5.41) is 9.70. The number of halogens is 1. The third-order valence-electron chi connectivity index (χ3n) is 4.26. The molecule has 0 aromatic heterocycles. The van der Waals surface area contributed by atoms with Gasteiger partial charge in [-0.2, -0.15) is 0 Å². The van der Waals surface area contributed by atoms with Crippen molar-refractivity contribution in [2.24, 2.45) is 11.8 Å². The molecule has 1 aliphatic rings. The summed E-state index contributed by atoms with van der Waals surface area (Å²) in [5.41, 5.74) is 0.992. The van der Waals surface area contributed by atoms with Crippen molar-refractivity contribution in [2.45, 2.75) is 33.1 Å². The SMILES string of the molecule is CC(C)C1CCCN(c2cccc(Cl)c2C(=O)O)CC1. The topological polar surface area (TPSA) is 40.5 Å². The van der Waals surface area contributed by atoms with E-state index in [9.17, 15) is 9.90 Å². The lowest BCUT2D eigenvalue weighted by atomic mass is 9.89. The second-order valence-electron chi connectivity index (χ2n) is 5.86. The van der Waals surface area contributed by atoms with Gasteiger partial charge < -0.3 is 10.0 Å². The van der Waals surface area contributed by atoms with Gasteiger partial charge in [0.05, 0.1) is 10.7 Å². The summed E-state index contributed by atoms with van der Waals surface area (Å²) in [7, 11) is 0. The maximum Gasteiger partial charge on any atom is 0.339 e. The first kappa shape index (κ1) is 15.2. The molecule has 4 heteroatoms. The van der Waals surface area contributed by atoms with Crippen molar-refractivity contribution in [3.05, 3.63) is 28.8 Å². The lowest BCUT2D eigenvalue weighted by Gasteiger charge is -2.25. The first-order chi connectivity index (χ1) is 9.50. The van der Waals surface area contributed by atoms with Gasteiger partial charge in [0.25, 0.3) is 0 Å². The number of aromatic carboxylic acids is 1. The first-order valence-corrected chi connectivity index (χ1v) is 7.65. The summed E-state index contributed by atoms with van der Waals surface area (Å²) in [4.78, 5) is 13.6. The van der Waals surface area contributed by atoms with Crippen LogP contribution in [-0.2, 0) is 0 Å². The molecule has 0 saturated carbocycles. The van der Waals surface area contributed by atoms with Crippen LogP contribution in [0.2, 0.25) is 5.02 Å². The number of anilines is 1. The van der Waals surface area contributed by atoms with Gasteiger partial charge in [-0.15, -0.1) is 0 Å². The zero-order chi connectivity index (χ0) is 14.7. The second-order valence-corrected chi connectivity index (χ2v) is 6.27. The molecule has 1 N–H and O–H groups in total. The minimum Gasteiger partial charge on any atom is -0.478 e. The van der Waals surface area contributed by atoms with E-state index in [1.165, 1.54) is 6.42 Å². The van der Waals surface area contributed by atoms with Gasteiger partial charge in [0, 0.05) is 13.1 Å². The van der Waals surface area contributed by atoms with Crippen LogP contribution in [0.15, 0.2) is 18.2 Å². The zero-order valence-corrected chi connectivity index (χ0v) is 12.9. The summed E-state index contributed by atoms with van der Waals surface area (Å²) >= 11 is 6.06. The van der Waals surface area contributed by atoms with Crippen molar-refractivity contribution in [3.63, 3.8) is 0 Å². The van der Waals surface area contributed by atoms with E-state index in [0.717, 1.165) is 37.5 Å². The Balaban J connectivity index is 2.24. The quantitative estimate of drug-likeness (QED) is 0.904. The van der Waals surface area contributed by atoms with Crippen LogP contribution in [0.3, 0.4) is 0 Å². The molecule has 1 heterocycles. The molecule has 20 heavy (non-hydrogen) atoms. The molecule has 3 nitrogen and oxygen atoms in total. The van der Waals surface area contributed by atoms with Crippen LogP contribution in [0.5, 0.6) is 0 Å². The Labute approximate surface area is 125 Å². The van der Waals surface area contributed by atoms with Gasteiger partial charge in [0.1, 0.15) is 5.56 Å². The summed E-state index contributed by atoms with van der Waals surface area (Å²) < 4.78 is 0. The van der Waals surface area contributed by atoms with Crippen molar-refractivity contribution in [1.82, 2.24) is 0 Å². The van der Waals surface area contributed by atoms with Crippen LogP contribution < -0.4 is 4.90 Å². The molecule has 1 atom stereocenters.